The predicted molar refractivity (Wildman–Crippen MR) is 226 cm³/mol. The molecule has 10 heteroatoms. The first-order valence-electron chi connectivity index (χ1n) is 16.2. The zero-order valence-electron chi connectivity index (χ0n) is 28.0. The van der Waals surface area contributed by atoms with Gasteiger partial charge in [0.25, 0.3) is 0 Å². The van der Waals surface area contributed by atoms with Crippen LogP contribution in [0.15, 0.2) is 146 Å². The largest absolute Gasteiger partial charge is 0.494 e. The van der Waals surface area contributed by atoms with E-state index in [9.17, 15) is 0 Å². The predicted octanol–water partition coefficient (Wildman–Crippen LogP) is 11.2. The molecule has 0 amide bonds. The molecule has 0 saturated carbocycles. The summed E-state index contributed by atoms with van der Waals surface area (Å²) in [6.45, 7) is 5.24. The molecule has 2 N–H and O–H groups in total. The maximum atomic E-state index is 6.81. The number of ether oxygens (including phenoxy) is 2. The lowest BCUT2D eigenvalue weighted by Gasteiger charge is -2.30. The third kappa shape index (κ3) is 9.36. The summed E-state index contributed by atoms with van der Waals surface area (Å²) in [4.78, 5) is 0. The number of benzene rings is 6. The van der Waals surface area contributed by atoms with Crippen molar-refractivity contribution in [2.45, 2.75) is 13.8 Å². The Balaban J connectivity index is 0.000000206. The minimum atomic E-state index is -2.58. The van der Waals surface area contributed by atoms with Crippen molar-refractivity contribution < 1.29 is 9.47 Å². The SMILES string of the molecule is CCOc1ccc(NC(=S)Nc2ccc(OCC)cc2)cc1.Clc1ccccc1[P+](c1ccccc1Cl)(c1ccccc1Cl)c1ccccc1Cl. The summed E-state index contributed by atoms with van der Waals surface area (Å²) in [6, 6.07) is 46.8. The van der Waals surface area contributed by atoms with Gasteiger partial charge in [-0.1, -0.05) is 94.9 Å². The molecule has 0 radical (unpaired) electrons. The van der Waals surface area contributed by atoms with Gasteiger partial charge in [0.1, 0.15) is 32.7 Å². The lowest BCUT2D eigenvalue weighted by atomic mass is 10.3. The van der Waals surface area contributed by atoms with Crippen molar-refractivity contribution in [2.75, 3.05) is 23.8 Å². The normalized spacial score (nSPS) is 10.8. The number of rotatable bonds is 10. The highest BCUT2D eigenvalue weighted by molar-refractivity contribution is 8.02. The number of hydrogen-bond donors (Lipinski definition) is 2. The zero-order chi connectivity index (χ0) is 36.2. The van der Waals surface area contributed by atoms with Crippen LogP contribution >= 0.6 is 65.9 Å². The van der Waals surface area contributed by atoms with Gasteiger partial charge in [0.15, 0.2) is 12.4 Å². The molecule has 260 valence electrons. The van der Waals surface area contributed by atoms with Crippen molar-refractivity contribution in [3.63, 3.8) is 0 Å². The Morgan fingerprint density at radius 1 is 0.471 bits per heavy atom. The molecule has 0 heterocycles. The molecule has 0 bridgehead atoms. The van der Waals surface area contributed by atoms with Gasteiger partial charge in [0, 0.05) is 11.4 Å². The summed E-state index contributed by atoms with van der Waals surface area (Å²) >= 11 is 32.6. The highest BCUT2D eigenvalue weighted by atomic mass is 35.5. The molecule has 0 aromatic heterocycles. The van der Waals surface area contributed by atoms with Crippen molar-refractivity contribution in [1.82, 2.24) is 0 Å². The smallest absolute Gasteiger partial charge is 0.175 e. The van der Waals surface area contributed by atoms with Gasteiger partial charge < -0.3 is 20.1 Å². The van der Waals surface area contributed by atoms with Crippen LogP contribution in [0.3, 0.4) is 0 Å². The lowest BCUT2D eigenvalue weighted by molar-refractivity contribution is 0.340. The first-order chi connectivity index (χ1) is 24.8. The second-order valence-electron chi connectivity index (χ2n) is 11.0. The third-order valence-electron chi connectivity index (χ3n) is 7.70. The van der Waals surface area contributed by atoms with Crippen LogP contribution in [0.2, 0.25) is 20.1 Å². The van der Waals surface area contributed by atoms with E-state index in [0.717, 1.165) is 44.1 Å². The molecule has 4 nitrogen and oxygen atoms in total. The van der Waals surface area contributed by atoms with Crippen LogP contribution in [0.4, 0.5) is 11.4 Å². The number of hydrogen-bond acceptors (Lipinski definition) is 3. The summed E-state index contributed by atoms with van der Waals surface area (Å²) < 4.78 is 10.8. The van der Waals surface area contributed by atoms with E-state index in [1.807, 2.05) is 159 Å². The second kappa shape index (κ2) is 18.6. The van der Waals surface area contributed by atoms with Gasteiger partial charge in [-0.15, -0.1) is 0 Å². The lowest BCUT2D eigenvalue weighted by Crippen LogP contribution is -2.40. The van der Waals surface area contributed by atoms with E-state index in [-0.39, 0.29) is 0 Å². The zero-order valence-corrected chi connectivity index (χ0v) is 32.7. The fourth-order valence-corrected chi connectivity index (χ4v) is 12.2. The minimum absolute atomic E-state index is 0.535. The molecule has 0 aliphatic heterocycles. The molecule has 51 heavy (non-hydrogen) atoms. The Labute approximate surface area is 326 Å². The van der Waals surface area contributed by atoms with Crippen molar-refractivity contribution in [3.05, 3.63) is 166 Å². The molecular formula is C41H36Cl4N2O2PS+. The van der Waals surface area contributed by atoms with Gasteiger partial charge >= 0.3 is 0 Å². The Morgan fingerprint density at radius 3 is 1.00 bits per heavy atom. The monoisotopic (exact) mass is 791 g/mol. The average Bonchev–Trinajstić information content (AvgIpc) is 3.13. The van der Waals surface area contributed by atoms with E-state index >= 15 is 0 Å². The topological polar surface area (TPSA) is 42.5 Å². The summed E-state index contributed by atoms with van der Waals surface area (Å²) in [5, 5.41) is 13.3. The molecule has 6 aromatic rings. The number of anilines is 2. The van der Waals surface area contributed by atoms with Crippen molar-refractivity contribution >= 4 is 104 Å². The van der Waals surface area contributed by atoms with Gasteiger partial charge in [-0.2, -0.15) is 0 Å². The Morgan fingerprint density at radius 2 is 0.745 bits per heavy atom. The summed E-state index contributed by atoms with van der Waals surface area (Å²) in [5.41, 5.74) is 1.82. The molecule has 6 aromatic carbocycles. The number of halogens is 4. The van der Waals surface area contributed by atoms with Crippen LogP contribution in [0.1, 0.15) is 13.8 Å². The minimum Gasteiger partial charge on any atom is -0.494 e. The molecule has 0 aliphatic carbocycles. The molecular weight excluding hydrogens is 757 g/mol. The third-order valence-corrected chi connectivity index (χ3v) is 14.2. The van der Waals surface area contributed by atoms with Gasteiger partial charge in [0.2, 0.25) is 0 Å². The van der Waals surface area contributed by atoms with Gasteiger partial charge in [-0.25, -0.2) is 0 Å². The van der Waals surface area contributed by atoms with Crippen LogP contribution in [0.25, 0.3) is 0 Å². The van der Waals surface area contributed by atoms with Crippen LogP contribution in [0, 0.1) is 0 Å². The number of nitrogens with one attached hydrogen (secondary N) is 2. The van der Waals surface area contributed by atoms with Crippen LogP contribution in [-0.4, -0.2) is 18.3 Å². The summed E-state index contributed by atoms with van der Waals surface area (Å²) in [6.07, 6.45) is 0. The van der Waals surface area contributed by atoms with E-state index < -0.39 is 7.26 Å². The van der Waals surface area contributed by atoms with Crippen molar-refractivity contribution in [1.29, 1.82) is 0 Å². The highest BCUT2D eigenvalue weighted by Gasteiger charge is 2.52. The molecule has 0 saturated heterocycles. The molecule has 0 aliphatic rings. The van der Waals surface area contributed by atoms with Gasteiger partial charge in [-0.3, -0.25) is 0 Å². The fraction of sp³-hybridized carbons (Fsp3) is 0.0976. The van der Waals surface area contributed by atoms with E-state index in [1.54, 1.807) is 0 Å². The van der Waals surface area contributed by atoms with Crippen LogP contribution in [0.5, 0.6) is 11.5 Å². The van der Waals surface area contributed by atoms with E-state index in [1.165, 1.54) is 0 Å². The fourth-order valence-electron chi connectivity index (χ4n) is 5.57. The molecule has 0 unspecified atom stereocenters. The second-order valence-corrected chi connectivity index (χ2v) is 16.3. The average molecular weight is 794 g/mol. The highest BCUT2D eigenvalue weighted by Crippen LogP contribution is 2.59. The van der Waals surface area contributed by atoms with Crippen LogP contribution in [-0.2, 0) is 0 Å². The molecule has 0 spiro atoms. The standard InChI is InChI=1S/C24H16Cl4P.C17H20N2O2S/c25-17-9-1-5-13-21(17)29(22-14-6-2-10-18(22)26,23-15-7-3-11-19(23)27)24-16-8-4-12-20(24)28;1-3-20-15-9-5-13(6-10-15)18-17(22)19-14-7-11-16(12-8-14)21-4-2/h1-16H;5-12H,3-4H2,1-2H3,(H2,18,19,22)/q+1;. The van der Waals surface area contributed by atoms with Gasteiger partial charge in [-0.05, 0) is 123 Å². The van der Waals surface area contributed by atoms with Crippen molar-refractivity contribution in [2.24, 2.45) is 0 Å². The first-order valence-corrected chi connectivity index (χ1v) is 19.9. The van der Waals surface area contributed by atoms with E-state index in [4.69, 9.17) is 68.1 Å². The van der Waals surface area contributed by atoms with Crippen LogP contribution < -0.4 is 41.3 Å². The van der Waals surface area contributed by atoms with E-state index in [2.05, 4.69) is 10.6 Å². The maximum Gasteiger partial charge on any atom is 0.175 e. The molecule has 6 rings (SSSR count). The molecule has 0 fully saturated rings. The first kappa shape index (κ1) is 38.4. The van der Waals surface area contributed by atoms with Crippen molar-refractivity contribution in [3.8, 4) is 11.5 Å². The molecule has 0 atom stereocenters. The Kier molecular flexibility index (Phi) is 14.0. The Bertz CT molecular complexity index is 1820. The number of thiocarbonyl (C=S) groups is 1. The maximum absolute atomic E-state index is 6.81. The van der Waals surface area contributed by atoms with Gasteiger partial charge in [0.05, 0.1) is 33.3 Å². The summed E-state index contributed by atoms with van der Waals surface area (Å²) in [5.74, 6) is 1.69. The Hall–Kier alpha value is -3.80. The van der Waals surface area contributed by atoms with E-state index in [0.29, 0.717) is 38.4 Å². The quantitative estimate of drug-likeness (QED) is 0.107. The summed E-state index contributed by atoms with van der Waals surface area (Å²) in [7, 11) is -2.58.